The van der Waals surface area contributed by atoms with Crippen molar-refractivity contribution in [1.82, 2.24) is 0 Å². The summed E-state index contributed by atoms with van der Waals surface area (Å²) >= 11 is 11.8. The molecule has 0 bridgehead atoms. The van der Waals surface area contributed by atoms with Crippen LogP contribution in [0.1, 0.15) is 17.3 Å². The van der Waals surface area contributed by atoms with Gasteiger partial charge in [0.15, 0.2) is 6.10 Å². The van der Waals surface area contributed by atoms with Gasteiger partial charge in [-0.3, -0.25) is 14.9 Å². The first-order valence-electron chi connectivity index (χ1n) is 7.00. The summed E-state index contributed by atoms with van der Waals surface area (Å²) in [4.78, 5) is 34.6. The van der Waals surface area contributed by atoms with E-state index in [0.29, 0.717) is 0 Å². The van der Waals surface area contributed by atoms with Crippen LogP contribution in [-0.4, -0.2) is 22.9 Å². The number of halogens is 2. The van der Waals surface area contributed by atoms with Gasteiger partial charge in [-0.05, 0) is 25.1 Å². The third-order valence-electron chi connectivity index (χ3n) is 3.18. The number of nitrogens with one attached hydrogen (secondary N) is 1. The molecule has 0 saturated heterocycles. The molecule has 0 heterocycles. The van der Waals surface area contributed by atoms with Crippen molar-refractivity contribution in [1.29, 1.82) is 0 Å². The first kappa shape index (κ1) is 18.7. The lowest BCUT2D eigenvalue weighted by Crippen LogP contribution is -2.30. The van der Waals surface area contributed by atoms with Gasteiger partial charge in [-0.15, -0.1) is 0 Å². The van der Waals surface area contributed by atoms with Crippen molar-refractivity contribution in [2.45, 2.75) is 13.0 Å². The van der Waals surface area contributed by atoms with Crippen LogP contribution in [0.2, 0.25) is 10.0 Å². The molecule has 0 aromatic heterocycles. The summed E-state index contributed by atoms with van der Waals surface area (Å²) in [6.07, 6.45) is -1.21. The molecule has 1 amide bonds. The number of rotatable bonds is 5. The molecule has 9 heteroatoms. The van der Waals surface area contributed by atoms with E-state index in [1.165, 1.54) is 49.4 Å². The first-order chi connectivity index (χ1) is 11.8. The van der Waals surface area contributed by atoms with E-state index in [4.69, 9.17) is 27.9 Å². The van der Waals surface area contributed by atoms with Crippen LogP contribution in [-0.2, 0) is 9.53 Å². The van der Waals surface area contributed by atoms with Crippen LogP contribution in [0.4, 0.5) is 11.4 Å². The molecule has 2 aromatic carbocycles. The molecule has 1 N–H and O–H groups in total. The molecular formula is C16H12Cl2N2O5. The maximum absolute atomic E-state index is 12.1. The molecule has 0 aliphatic carbocycles. The van der Waals surface area contributed by atoms with Crippen molar-refractivity contribution in [3.8, 4) is 0 Å². The highest BCUT2D eigenvalue weighted by atomic mass is 35.5. The van der Waals surface area contributed by atoms with Gasteiger partial charge in [0.25, 0.3) is 11.6 Å². The van der Waals surface area contributed by atoms with Crippen LogP contribution >= 0.6 is 23.2 Å². The molecule has 2 rings (SSSR count). The monoisotopic (exact) mass is 382 g/mol. The van der Waals surface area contributed by atoms with Crippen molar-refractivity contribution < 1.29 is 19.2 Å². The number of anilines is 1. The first-order valence-corrected chi connectivity index (χ1v) is 7.76. The number of hydrogen-bond acceptors (Lipinski definition) is 5. The van der Waals surface area contributed by atoms with Crippen molar-refractivity contribution in [3.05, 3.63) is 68.2 Å². The lowest BCUT2D eigenvalue weighted by atomic mass is 10.2. The second-order valence-electron chi connectivity index (χ2n) is 4.91. The smallest absolute Gasteiger partial charge is 0.340 e. The van der Waals surface area contributed by atoms with E-state index in [9.17, 15) is 19.7 Å². The minimum atomic E-state index is -1.21. The van der Waals surface area contributed by atoms with Gasteiger partial charge < -0.3 is 10.1 Å². The summed E-state index contributed by atoms with van der Waals surface area (Å²) in [5, 5.41) is 13.5. The molecule has 25 heavy (non-hydrogen) atoms. The number of esters is 1. The maximum atomic E-state index is 12.1. The lowest BCUT2D eigenvalue weighted by molar-refractivity contribution is -0.383. The third kappa shape index (κ3) is 4.46. The number of hydrogen-bond donors (Lipinski definition) is 1. The Bertz CT molecular complexity index is 841. The number of para-hydroxylation sites is 2. The Balaban J connectivity index is 2.09. The molecular weight excluding hydrogens is 371 g/mol. The van der Waals surface area contributed by atoms with Gasteiger partial charge in [-0.2, -0.15) is 0 Å². The average Bonchev–Trinajstić information content (AvgIpc) is 2.57. The van der Waals surface area contributed by atoms with E-state index in [-0.39, 0.29) is 27.0 Å². The van der Waals surface area contributed by atoms with E-state index >= 15 is 0 Å². The Morgan fingerprint density at radius 3 is 2.52 bits per heavy atom. The highest BCUT2D eigenvalue weighted by molar-refractivity contribution is 6.43. The number of nitro benzene ring substituents is 1. The molecule has 0 aliphatic heterocycles. The van der Waals surface area contributed by atoms with Crippen molar-refractivity contribution in [2.24, 2.45) is 0 Å². The summed E-state index contributed by atoms with van der Waals surface area (Å²) in [6.45, 7) is 1.33. The van der Waals surface area contributed by atoms with Crippen LogP contribution in [0.15, 0.2) is 42.5 Å². The third-order valence-corrected chi connectivity index (χ3v) is 4.00. The van der Waals surface area contributed by atoms with Gasteiger partial charge in [0.05, 0.1) is 20.5 Å². The maximum Gasteiger partial charge on any atom is 0.340 e. The molecule has 0 fully saturated rings. The molecule has 0 spiro atoms. The molecule has 130 valence electrons. The van der Waals surface area contributed by atoms with E-state index in [1.807, 2.05) is 0 Å². The van der Waals surface area contributed by atoms with E-state index in [1.54, 1.807) is 0 Å². The highest BCUT2D eigenvalue weighted by Gasteiger charge is 2.23. The number of carbonyl (C=O) groups excluding carboxylic acids is 2. The summed E-state index contributed by atoms with van der Waals surface area (Å²) in [6, 6.07) is 10.1. The van der Waals surface area contributed by atoms with Crippen LogP contribution in [0.5, 0.6) is 0 Å². The second kappa shape index (κ2) is 7.96. The van der Waals surface area contributed by atoms with Gasteiger partial charge in [-0.25, -0.2) is 4.79 Å². The van der Waals surface area contributed by atoms with Gasteiger partial charge in [0, 0.05) is 6.07 Å². The number of nitro groups is 1. The fourth-order valence-electron chi connectivity index (χ4n) is 1.91. The number of ether oxygens (including phenoxy) is 1. The number of benzene rings is 2. The molecule has 0 saturated carbocycles. The number of nitrogens with zero attached hydrogens (tertiary/aromatic N) is 1. The minimum Gasteiger partial charge on any atom is -0.449 e. The Morgan fingerprint density at radius 1 is 1.16 bits per heavy atom. The highest BCUT2D eigenvalue weighted by Crippen LogP contribution is 2.27. The van der Waals surface area contributed by atoms with E-state index in [2.05, 4.69) is 5.32 Å². The molecule has 1 atom stereocenters. The minimum absolute atomic E-state index is 0.00110. The van der Waals surface area contributed by atoms with Crippen molar-refractivity contribution in [2.75, 3.05) is 5.32 Å². The summed E-state index contributed by atoms with van der Waals surface area (Å²) in [5.74, 6) is -1.56. The zero-order valence-electron chi connectivity index (χ0n) is 12.9. The lowest BCUT2D eigenvalue weighted by Gasteiger charge is -2.14. The van der Waals surface area contributed by atoms with E-state index in [0.717, 1.165) is 0 Å². The van der Waals surface area contributed by atoms with Gasteiger partial charge in [0.2, 0.25) is 0 Å². The molecule has 0 unspecified atom stereocenters. The van der Waals surface area contributed by atoms with Gasteiger partial charge in [0.1, 0.15) is 5.69 Å². The fourth-order valence-corrected chi connectivity index (χ4v) is 2.29. The topological polar surface area (TPSA) is 98.5 Å². The van der Waals surface area contributed by atoms with E-state index < -0.39 is 22.9 Å². The SMILES string of the molecule is C[C@@H](OC(=O)c1cccc(Cl)c1Cl)C(=O)Nc1ccccc1[N+](=O)[O-]. The van der Waals surface area contributed by atoms with Crippen molar-refractivity contribution in [3.63, 3.8) is 0 Å². The molecule has 7 nitrogen and oxygen atoms in total. The predicted octanol–water partition coefficient (Wildman–Crippen LogP) is 4.09. The standard InChI is InChI=1S/C16H12Cl2N2O5/c1-9(25-16(22)10-5-4-6-11(17)14(10)18)15(21)19-12-7-2-3-8-13(12)20(23)24/h2-9H,1H3,(H,19,21)/t9-/m1/s1. The zero-order chi connectivity index (χ0) is 18.6. The Labute approximate surface area is 152 Å². The summed E-state index contributed by atoms with van der Waals surface area (Å²) < 4.78 is 5.04. The molecule has 2 aromatic rings. The number of amides is 1. The quantitative estimate of drug-likeness (QED) is 0.477. The summed E-state index contributed by atoms with van der Waals surface area (Å²) in [5.41, 5.74) is -0.257. The summed E-state index contributed by atoms with van der Waals surface area (Å²) in [7, 11) is 0. The van der Waals surface area contributed by atoms with Crippen molar-refractivity contribution >= 4 is 46.5 Å². The molecule has 0 aliphatic rings. The Kier molecular flexibility index (Phi) is 5.95. The van der Waals surface area contributed by atoms with Crippen LogP contribution in [0, 0.1) is 10.1 Å². The normalized spacial score (nSPS) is 11.5. The zero-order valence-corrected chi connectivity index (χ0v) is 14.4. The predicted molar refractivity (Wildman–Crippen MR) is 93.1 cm³/mol. The number of carbonyl (C=O) groups is 2. The van der Waals surface area contributed by atoms with Gasteiger partial charge in [-0.1, -0.05) is 41.4 Å². The Morgan fingerprint density at radius 2 is 1.84 bits per heavy atom. The molecule has 0 radical (unpaired) electrons. The van der Waals surface area contributed by atoms with Gasteiger partial charge >= 0.3 is 5.97 Å². The second-order valence-corrected chi connectivity index (χ2v) is 5.70. The van der Waals surface area contributed by atoms with Crippen LogP contribution in [0.3, 0.4) is 0 Å². The fraction of sp³-hybridized carbons (Fsp3) is 0.125. The van der Waals surface area contributed by atoms with Crippen LogP contribution in [0.25, 0.3) is 0 Å². The average molecular weight is 383 g/mol. The largest absolute Gasteiger partial charge is 0.449 e. The Hall–Kier alpha value is -2.64. The van der Waals surface area contributed by atoms with Crippen LogP contribution < -0.4 is 5.32 Å².